The highest BCUT2D eigenvalue weighted by atomic mass is 16.7. The molecule has 1 fully saturated rings. The Balaban J connectivity index is 2.04. The highest BCUT2D eigenvalue weighted by molar-refractivity contribution is 5.56. The van der Waals surface area contributed by atoms with Gasteiger partial charge in [-0.25, -0.2) is 0 Å². The van der Waals surface area contributed by atoms with Crippen LogP contribution in [0.25, 0.3) is 0 Å². The quantitative estimate of drug-likeness (QED) is 0.560. The van der Waals surface area contributed by atoms with Crippen LogP contribution >= 0.6 is 0 Å². The van der Waals surface area contributed by atoms with Crippen LogP contribution in [0.1, 0.15) is 46.5 Å². The van der Waals surface area contributed by atoms with Crippen molar-refractivity contribution in [2.75, 3.05) is 6.61 Å². The Labute approximate surface area is 103 Å². The van der Waals surface area contributed by atoms with Gasteiger partial charge in [0.2, 0.25) is 0 Å². The molecule has 2 aliphatic rings. The van der Waals surface area contributed by atoms with Crippen molar-refractivity contribution in [2.24, 2.45) is 5.41 Å². The Morgan fingerprint density at radius 2 is 2.24 bits per heavy atom. The van der Waals surface area contributed by atoms with Crippen molar-refractivity contribution < 1.29 is 14.3 Å². The Morgan fingerprint density at radius 3 is 2.82 bits per heavy atom. The molecule has 0 amide bonds. The van der Waals surface area contributed by atoms with Crippen LogP contribution < -0.4 is 0 Å². The summed E-state index contributed by atoms with van der Waals surface area (Å²) in [6.45, 7) is 7.19. The number of carbonyl (C=O) groups excluding carboxylic acids is 1. The van der Waals surface area contributed by atoms with E-state index in [9.17, 15) is 4.79 Å². The molecule has 2 rings (SSSR count). The summed E-state index contributed by atoms with van der Waals surface area (Å²) in [5, 5.41) is 0. The molecule has 0 saturated carbocycles. The first-order valence-corrected chi connectivity index (χ1v) is 6.44. The van der Waals surface area contributed by atoms with E-state index in [1.54, 1.807) is 0 Å². The van der Waals surface area contributed by atoms with E-state index < -0.39 is 0 Å². The van der Waals surface area contributed by atoms with Gasteiger partial charge >= 0.3 is 0 Å². The van der Waals surface area contributed by atoms with Crippen molar-refractivity contribution in [2.45, 2.75) is 58.8 Å². The molecule has 2 atom stereocenters. The van der Waals surface area contributed by atoms with Gasteiger partial charge in [0.1, 0.15) is 6.10 Å². The number of hydrogen-bond acceptors (Lipinski definition) is 3. The van der Waals surface area contributed by atoms with Crippen molar-refractivity contribution in [1.82, 2.24) is 0 Å². The molecule has 3 heteroatoms. The molecule has 1 aliphatic heterocycles. The topological polar surface area (TPSA) is 35.5 Å². The van der Waals surface area contributed by atoms with Crippen molar-refractivity contribution in [3.63, 3.8) is 0 Å². The lowest BCUT2D eigenvalue weighted by atomic mass is 9.71. The van der Waals surface area contributed by atoms with Gasteiger partial charge in [-0.3, -0.25) is 0 Å². The number of aldehydes is 1. The Kier molecular flexibility index (Phi) is 3.69. The predicted octanol–water partition coefficient (Wildman–Crippen LogP) is 2.84. The van der Waals surface area contributed by atoms with Gasteiger partial charge in [0.15, 0.2) is 12.6 Å². The van der Waals surface area contributed by atoms with Crippen LogP contribution in [0.15, 0.2) is 11.1 Å². The molecule has 0 spiro atoms. The third-order valence-electron chi connectivity index (χ3n) is 3.98. The van der Waals surface area contributed by atoms with Gasteiger partial charge < -0.3 is 14.3 Å². The highest BCUT2D eigenvalue weighted by Gasteiger charge is 2.33. The minimum Gasteiger partial charge on any atom is -0.349 e. The second kappa shape index (κ2) is 4.91. The maximum Gasteiger partial charge on any atom is 0.162 e. The molecule has 1 aliphatic carbocycles. The summed E-state index contributed by atoms with van der Waals surface area (Å²) < 4.78 is 11.0. The fraction of sp³-hybridized carbons (Fsp3) is 0.786. The Hall–Kier alpha value is -0.670. The number of allylic oxidation sites excluding steroid dienone is 1. The van der Waals surface area contributed by atoms with Gasteiger partial charge in [0.25, 0.3) is 0 Å². The normalized spacial score (nSPS) is 32.9. The molecule has 17 heavy (non-hydrogen) atoms. The first kappa shape index (κ1) is 12.8. The van der Waals surface area contributed by atoms with Crippen molar-refractivity contribution in [3.05, 3.63) is 11.1 Å². The van der Waals surface area contributed by atoms with E-state index in [2.05, 4.69) is 20.8 Å². The molecule has 0 bridgehead atoms. The first-order chi connectivity index (χ1) is 8.03. The van der Waals surface area contributed by atoms with Crippen LogP contribution in [-0.2, 0) is 14.3 Å². The van der Waals surface area contributed by atoms with Crippen LogP contribution in [0.4, 0.5) is 0 Å². The van der Waals surface area contributed by atoms with Crippen molar-refractivity contribution in [3.8, 4) is 0 Å². The number of ether oxygens (including phenoxy) is 2. The number of carbonyl (C=O) groups is 1. The summed E-state index contributed by atoms with van der Waals surface area (Å²) in [7, 11) is 0. The molecule has 1 heterocycles. The second-order valence-corrected chi connectivity index (χ2v) is 5.77. The third-order valence-corrected chi connectivity index (χ3v) is 3.98. The predicted molar refractivity (Wildman–Crippen MR) is 65.6 cm³/mol. The van der Waals surface area contributed by atoms with Crippen LogP contribution in [0, 0.1) is 5.41 Å². The SMILES string of the molecule is CC1=C(CC2OCC(C=O)O2)C(C)(C)CCC1. The largest absolute Gasteiger partial charge is 0.349 e. The molecular formula is C14H22O3. The van der Waals surface area contributed by atoms with E-state index in [4.69, 9.17) is 9.47 Å². The van der Waals surface area contributed by atoms with Crippen LogP contribution in [-0.4, -0.2) is 25.3 Å². The number of rotatable bonds is 3. The van der Waals surface area contributed by atoms with Gasteiger partial charge in [-0.05, 0) is 31.6 Å². The fourth-order valence-electron chi connectivity index (χ4n) is 2.95. The van der Waals surface area contributed by atoms with Crippen molar-refractivity contribution >= 4 is 6.29 Å². The second-order valence-electron chi connectivity index (χ2n) is 5.77. The van der Waals surface area contributed by atoms with E-state index in [-0.39, 0.29) is 17.8 Å². The molecular weight excluding hydrogens is 216 g/mol. The zero-order chi connectivity index (χ0) is 12.5. The fourth-order valence-corrected chi connectivity index (χ4v) is 2.95. The zero-order valence-electron chi connectivity index (χ0n) is 11.0. The summed E-state index contributed by atoms with van der Waals surface area (Å²) in [4.78, 5) is 10.6. The first-order valence-electron chi connectivity index (χ1n) is 6.44. The molecule has 0 N–H and O–H groups in total. The standard InChI is InChI=1S/C14H22O3/c1-10-5-4-6-14(2,3)12(10)7-13-16-9-11(8-15)17-13/h8,11,13H,4-7,9H2,1-3H3. The molecule has 0 aromatic carbocycles. The van der Waals surface area contributed by atoms with Gasteiger partial charge in [-0.15, -0.1) is 0 Å². The van der Waals surface area contributed by atoms with Crippen molar-refractivity contribution in [1.29, 1.82) is 0 Å². The van der Waals surface area contributed by atoms with E-state index in [0.717, 1.165) is 12.7 Å². The van der Waals surface area contributed by atoms with Gasteiger partial charge in [0, 0.05) is 6.42 Å². The van der Waals surface area contributed by atoms with Gasteiger partial charge in [-0.2, -0.15) is 0 Å². The molecule has 0 aromatic heterocycles. The molecule has 2 unspecified atom stereocenters. The summed E-state index contributed by atoms with van der Waals surface area (Å²) in [5.41, 5.74) is 3.18. The van der Waals surface area contributed by atoms with Crippen LogP contribution in [0.5, 0.6) is 0 Å². The summed E-state index contributed by atoms with van der Waals surface area (Å²) in [6.07, 6.45) is 4.72. The third kappa shape index (κ3) is 2.78. The smallest absolute Gasteiger partial charge is 0.162 e. The summed E-state index contributed by atoms with van der Waals surface area (Å²) in [6, 6.07) is 0. The molecule has 96 valence electrons. The highest BCUT2D eigenvalue weighted by Crippen LogP contribution is 2.43. The van der Waals surface area contributed by atoms with E-state index in [0.29, 0.717) is 6.61 Å². The molecule has 0 radical (unpaired) electrons. The average molecular weight is 238 g/mol. The Morgan fingerprint density at radius 1 is 1.47 bits per heavy atom. The van der Waals surface area contributed by atoms with Crippen LogP contribution in [0.3, 0.4) is 0 Å². The molecule has 3 nitrogen and oxygen atoms in total. The average Bonchev–Trinajstić information content (AvgIpc) is 2.71. The minimum absolute atomic E-state index is 0.229. The monoisotopic (exact) mass is 238 g/mol. The maximum absolute atomic E-state index is 10.6. The van der Waals surface area contributed by atoms with E-state index in [1.807, 2.05) is 0 Å². The van der Waals surface area contributed by atoms with E-state index in [1.165, 1.54) is 30.4 Å². The van der Waals surface area contributed by atoms with Gasteiger partial charge in [-0.1, -0.05) is 25.0 Å². The lowest BCUT2D eigenvalue weighted by molar-refractivity contribution is -0.119. The Bertz CT molecular complexity index is 330. The molecule has 0 aromatic rings. The van der Waals surface area contributed by atoms with E-state index >= 15 is 0 Å². The van der Waals surface area contributed by atoms with Crippen LogP contribution in [0.2, 0.25) is 0 Å². The number of hydrogen-bond donors (Lipinski definition) is 0. The molecule has 1 saturated heterocycles. The van der Waals surface area contributed by atoms with Gasteiger partial charge in [0.05, 0.1) is 6.61 Å². The lowest BCUT2D eigenvalue weighted by Crippen LogP contribution is -2.24. The minimum atomic E-state index is -0.368. The summed E-state index contributed by atoms with van der Waals surface area (Å²) in [5.74, 6) is 0. The zero-order valence-corrected chi connectivity index (χ0v) is 11.0. The lowest BCUT2D eigenvalue weighted by Gasteiger charge is -2.35. The maximum atomic E-state index is 10.6. The summed E-state index contributed by atoms with van der Waals surface area (Å²) >= 11 is 0.